The van der Waals surface area contributed by atoms with E-state index in [0.29, 0.717) is 5.95 Å². The van der Waals surface area contributed by atoms with E-state index in [1.807, 2.05) is 19.9 Å². The molecule has 0 aromatic carbocycles. The van der Waals surface area contributed by atoms with Gasteiger partial charge in [-0.1, -0.05) is 19.3 Å². The first-order chi connectivity index (χ1) is 9.06. The highest BCUT2D eigenvalue weighted by Crippen LogP contribution is 2.25. The van der Waals surface area contributed by atoms with Crippen molar-refractivity contribution in [3.63, 3.8) is 0 Å². The number of nitrogens with two attached hydrogens (primary N) is 1. The van der Waals surface area contributed by atoms with E-state index in [1.165, 1.54) is 0 Å². The number of hydrogen-bond acceptors (Lipinski definition) is 4. The SMILES string of the molecule is Cc1cc(C)nc(N[C@H]2CCCCC[C@@H]2C(N)=O)n1. The molecule has 5 heteroatoms. The number of aromatic nitrogens is 2. The summed E-state index contributed by atoms with van der Waals surface area (Å²) in [4.78, 5) is 20.3. The van der Waals surface area contributed by atoms with Crippen LogP contribution in [0.3, 0.4) is 0 Å². The van der Waals surface area contributed by atoms with E-state index in [2.05, 4.69) is 15.3 Å². The van der Waals surface area contributed by atoms with Gasteiger partial charge >= 0.3 is 0 Å². The first kappa shape index (κ1) is 13.8. The molecule has 1 aromatic heterocycles. The normalized spacial score (nSPS) is 23.7. The van der Waals surface area contributed by atoms with Gasteiger partial charge in [0.1, 0.15) is 0 Å². The first-order valence-electron chi connectivity index (χ1n) is 6.94. The lowest BCUT2D eigenvalue weighted by molar-refractivity contribution is -0.122. The smallest absolute Gasteiger partial charge is 0.223 e. The zero-order valence-corrected chi connectivity index (χ0v) is 11.6. The van der Waals surface area contributed by atoms with Gasteiger partial charge in [0.25, 0.3) is 0 Å². The molecule has 1 fully saturated rings. The van der Waals surface area contributed by atoms with Crippen molar-refractivity contribution in [2.24, 2.45) is 11.7 Å². The fourth-order valence-electron chi connectivity index (χ4n) is 2.78. The zero-order valence-electron chi connectivity index (χ0n) is 11.6. The van der Waals surface area contributed by atoms with Gasteiger partial charge in [-0.3, -0.25) is 4.79 Å². The van der Waals surface area contributed by atoms with Crippen LogP contribution in [0, 0.1) is 19.8 Å². The summed E-state index contributed by atoms with van der Waals surface area (Å²) in [6, 6.07) is 1.99. The van der Waals surface area contributed by atoms with Crippen molar-refractivity contribution in [1.82, 2.24) is 9.97 Å². The van der Waals surface area contributed by atoms with Crippen molar-refractivity contribution in [2.45, 2.75) is 52.0 Å². The van der Waals surface area contributed by atoms with Gasteiger partial charge in [0, 0.05) is 17.4 Å². The number of aryl methyl sites for hydroxylation is 2. The van der Waals surface area contributed by atoms with Crippen molar-refractivity contribution >= 4 is 11.9 Å². The molecule has 0 radical (unpaired) electrons. The molecule has 1 heterocycles. The maximum absolute atomic E-state index is 11.6. The minimum absolute atomic E-state index is 0.0567. The van der Waals surface area contributed by atoms with Crippen LogP contribution in [0.2, 0.25) is 0 Å². The van der Waals surface area contributed by atoms with E-state index >= 15 is 0 Å². The van der Waals surface area contributed by atoms with Gasteiger partial charge < -0.3 is 11.1 Å². The second-order valence-electron chi connectivity index (χ2n) is 5.37. The summed E-state index contributed by atoms with van der Waals surface area (Å²) in [5, 5.41) is 3.31. The first-order valence-corrected chi connectivity index (χ1v) is 6.94. The molecular formula is C14H22N4O. The number of amides is 1. The van der Waals surface area contributed by atoms with Crippen molar-refractivity contribution in [3.05, 3.63) is 17.5 Å². The Labute approximate surface area is 114 Å². The summed E-state index contributed by atoms with van der Waals surface area (Å²) in [6.07, 6.45) is 5.16. The predicted octanol–water partition coefficient (Wildman–Crippen LogP) is 1.94. The number of rotatable bonds is 3. The lowest BCUT2D eigenvalue weighted by Crippen LogP contribution is -2.38. The third-order valence-electron chi connectivity index (χ3n) is 3.68. The second-order valence-corrected chi connectivity index (χ2v) is 5.37. The van der Waals surface area contributed by atoms with Crippen LogP contribution < -0.4 is 11.1 Å². The highest BCUT2D eigenvalue weighted by molar-refractivity contribution is 5.77. The third-order valence-corrected chi connectivity index (χ3v) is 3.68. The monoisotopic (exact) mass is 262 g/mol. The molecule has 19 heavy (non-hydrogen) atoms. The number of nitrogens with zero attached hydrogens (tertiary/aromatic N) is 2. The molecule has 1 amide bonds. The van der Waals surface area contributed by atoms with Gasteiger partial charge in [-0.15, -0.1) is 0 Å². The van der Waals surface area contributed by atoms with E-state index < -0.39 is 0 Å². The maximum Gasteiger partial charge on any atom is 0.223 e. The van der Waals surface area contributed by atoms with Gasteiger partial charge in [-0.2, -0.15) is 0 Å². The Morgan fingerprint density at radius 2 is 1.84 bits per heavy atom. The molecule has 2 atom stereocenters. The molecule has 1 aliphatic carbocycles. The summed E-state index contributed by atoms with van der Waals surface area (Å²) in [7, 11) is 0. The lowest BCUT2D eigenvalue weighted by Gasteiger charge is -2.23. The summed E-state index contributed by atoms with van der Waals surface area (Å²) >= 11 is 0. The van der Waals surface area contributed by atoms with Crippen LogP contribution in [0.15, 0.2) is 6.07 Å². The molecule has 0 unspecified atom stereocenters. The van der Waals surface area contributed by atoms with Gasteiger partial charge in [0.05, 0.1) is 5.92 Å². The van der Waals surface area contributed by atoms with Crippen molar-refractivity contribution in [2.75, 3.05) is 5.32 Å². The number of primary amides is 1. The fraction of sp³-hybridized carbons (Fsp3) is 0.643. The minimum Gasteiger partial charge on any atom is -0.369 e. The van der Waals surface area contributed by atoms with Crippen LogP contribution >= 0.6 is 0 Å². The van der Waals surface area contributed by atoms with Crippen LogP contribution in [-0.2, 0) is 4.79 Å². The molecule has 0 bridgehead atoms. The number of carbonyl (C=O) groups is 1. The molecule has 1 saturated carbocycles. The van der Waals surface area contributed by atoms with Gasteiger partial charge in [-0.25, -0.2) is 9.97 Å². The Morgan fingerprint density at radius 3 is 2.47 bits per heavy atom. The Balaban J connectivity index is 2.15. The molecule has 2 rings (SSSR count). The fourth-order valence-corrected chi connectivity index (χ4v) is 2.78. The number of nitrogens with one attached hydrogen (secondary N) is 1. The summed E-state index contributed by atoms with van der Waals surface area (Å²) < 4.78 is 0. The van der Waals surface area contributed by atoms with E-state index in [1.54, 1.807) is 0 Å². The largest absolute Gasteiger partial charge is 0.369 e. The van der Waals surface area contributed by atoms with E-state index in [4.69, 9.17) is 5.73 Å². The summed E-state index contributed by atoms with van der Waals surface area (Å²) in [5.41, 5.74) is 7.38. The van der Waals surface area contributed by atoms with Gasteiger partial charge in [-0.05, 0) is 32.8 Å². The van der Waals surface area contributed by atoms with Crippen molar-refractivity contribution in [1.29, 1.82) is 0 Å². The van der Waals surface area contributed by atoms with Crippen LogP contribution in [0.5, 0.6) is 0 Å². The third kappa shape index (κ3) is 3.66. The standard InChI is InChI=1S/C14H22N4O/c1-9-8-10(2)17-14(16-9)18-12-7-5-3-4-6-11(12)13(15)19/h8,11-12H,3-7H2,1-2H3,(H2,15,19)(H,16,17,18)/t11-,12-/m0/s1. The van der Waals surface area contributed by atoms with Crippen molar-refractivity contribution < 1.29 is 4.79 Å². The van der Waals surface area contributed by atoms with Crippen molar-refractivity contribution in [3.8, 4) is 0 Å². The predicted molar refractivity (Wildman–Crippen MR) is 74.7 cm³/mol. The topological polar surface area (TPSA) is 80.9 Å². The molecule has 0 saturated heterocycles. The van der Waals surface area contributed by atoms with Crippen LogP contribution in [0.1, 0.15) is 43.5 Å². The maximum atomic E-state index is 11.6. The Hall–Kier alpha value is -1.65. The molecule has 5 nitrogen and oxygen atoms in total. The van der Waals surface area contributed by atoms with Gasteiger partial charge in [0.2, 0.25) is 11.9 Å². The Morgan fingerprint density at radius 1 is 1.21 bits per heavy atom. The van der Waals surface area contributed by atoms with E-state index in [-0.39, 0.29) is 17.9 Å². The molecule has 1 aromatic rings. The lowest BCUT2D eigenvalue weighted by atomic mass is 9.94. The van der Waals surface area contributed by atoms with Crippen LogP contribution in [0.25, 0.3) is 0 Å². The van der Waals surface area contributed by atoms with E-state index in [0.717, 1.165) is 43.5 Å². The quantitative estimate of drug-likeness (QED) is 0.816. The number of hydrogen-bond donors (Lipinski definition) is 2. The average molecular weight is 262 g/mol. The highest BCUT2D eigenvalue weighted by Gasteiger charge is 2.28. The molecule has 0 aliphatic heterocycles. The second kappa shape index (κ2) is 5.99. The molecule has 104 valence electrons. The minimum atomic E-state index is -0.219. The Kier molecular flexibility index (Phi) is 4.35. The number of anilines is 1. The van der Waals surface area contributed by atoms with Crippen LogP contribution in [0.4, 0.5) is 5.95 Å². The number of carbonyl (C=O) groups excluding carboxylic acids is 1. The molecule has 3 N–H and O–H groups in total. The highest BCUT2D eigenvalue weighted by atomic mass is 16.1. The molecule has 1 aliphatic rings. The summed E-state index contributed by atoms with van der Waals surface area (Å²) in [5.74, 6) is 0.270. The Bertz CT molecular complexity index is 441. The zero-order chi connectivity index (χ0) is 13.8. The molecular weight excluding hydrogens is 240 g/mol. The van der Waals surface area contributed by atoms with E-state index in [9.17, 15) is 4.79 Å². The molecule has 0 spiro atoms. The summed E-state index contributed by atoms with van der Waals surface area (Å²) in [6.45, 7) is 3.89. The van der Waals surface area contributed by atoms with Gasteiger partial charge in [0.15, 0.2) is 0 Å². The van der Waals surface area contributed by atoms with Crippen LogP contribution in [-0.4, -0.2) is 21.9 Å². The average Bonchev–Trinajstić information content (AvgIpc) is 2.53.